The van der Waals surface area contributed by atoms with Crippen LogP contribution in [0.2, 0.25) is 5.02 Å². The van der Waals surface area contributed by atoms with Gasteiger partial charge in [-0.15, -0.1) is 0 Å². The van der Waals surface area contributed by atoms with Crippen molar-refractivity contribution in [2.45, 2.75) is 25.6 Å². The van der Waals surface area contributed by atoms with Gasteiger partial charge in [-0.2, -0.15) is 13.2 Å². The molecule has 0 fully saturated rings. The molecule has 4 nitrogen and oxygen atoms in total. The van der Waals surface area contributed by atoms with E-state index in [1.807, 2.05) is 6.08 Å². The Labute approximate surface area is 170 Å². The molecule has 0 unspecified atom stereocenters. The molecular weight excluding hydrogens is 407 g/mol. The van der Waals surface area contributed by atoms with Crippen LogP contribution in [0.25, 0.3) is 0 Å². The van der Waals surface area contributed by atoms with Gasteiger partial charge in [0.05, 0.1) is 11.3 Å². The second-order valence-electron chi connectivity index (χ2n) is 6.39. The lowest BCUT2D eigenvalue weighted by molar-refractivity contribution is -0.138. The maximum absolute atomic E-state index is 13.7. The summed E-state index contributed by atoms with van der Waals surface area (Å²) in [6.07, 6.45) is 1.49. The number of anilines is 1. The lowest BCUT2D eigenvalue weighted by atomic mass is 10.1. The largest absolute Gasteiger partial charge is 0.478 e. The Bertz CT molecular complexity index is 966. The monoisotopic (exact) mass is 423 g/mol. The van der Waals surface area contributed by atoms with Crippen molar-refractivity contribution in [2.75, 3.05) is 5.32 Å². The number of allylic oxidation sites excluding steroid dienone is 4. The van der Waals surface area contributed by atoms with Crippen molar-refractivity contribution in [1.82, 2.24) is 0 Å². The molecule has 2 N–H and O–H groups in total. The Kier molecular flexibility index (Phi) is 6.17. The van der Waals surface area contributed by atoms with Crippen LogP contribution in [0, 0.1) is 0 Å². The van der Waals surface area contributed by atoms with Crippen molar-refractivity contribution in [1.29, 1.82) is 0 Å². The van der Waals surface area contributed by atoms with E-state index in [2.05, 4.69) is 5.32 Å². The van der Waals surface area contributed by atoms with Gasteiger partial charge in [0.25, 0.3) is 0 Å². The Balaban J connectivity index is 2.03. The van der Waals surface area contributed by atoms with Crippen molar-refractivity contribution in [2.24, 2.45) is 0 Å². The molecule has 0 spiro atoms. The second-order valence-corrected chi connectivity index (χ2v) is 6.82. The van der Waals surface area contributed by atoms with Crippen LogP contribution in [-0.2, 0) is 12.7 Å². The number of benzene rings is 2. The fraction of sp³-hybridized carbons (Fsp3) is 0.190. The molecule has 1 aliphatic rings. The number of rotatable bonds is 6. The first-order valence-corrected chi connectivity index (χ1v) is 9.12. The number of carboxylic acid groups (broad SMARTS) is 1. The summed E-state index contributed by atoms with van der Waals surface area (Å²) in [4.78, 5) is 11.4. The number of carbonyl (C=O) groups is 1. The van der Waals surface area contributed by atoms with E-state index in [0.717, 1.165) is 11.6 Å². The van der Waals surface area contributed by atoms with E-state index in [1.54, 1.807) is 36.4 Å². The lowest BCUT2D eigenvalue weighted by Gasteiger charge is -2.21. The number of aromatic carboxylic acids is 1. The van der Waals surface area contributed by atoms with Crippen molar-refractivity contribution >= 4 is 23.3 Å². The van der Waals surface area contributed by atoms with Crippen LogP contribution in [0.3, 0.4) is 0 Å². The number of hydrogen-bond acceptors (Lipinski definition) is 3. The summed E-state index contributed by atoms with van der Waals surface area (Å²) >= 11 is 5.85. The average Bonchev–Trinajstić information content (AvgIpc) is 2.68. The molecule has 0 aromatic heterocycles. The van der Waals surface area contributed by atoms with E-state index in [-0.39, 0.29) is 12.2 Å². The normalized spacial score (nSPS) is 13.7. The lowest BCUT2D eigenvalue weighted by Crippen LogP contribution is -2.14. The van der Waals surface area contributed by atoms with Gasteiger partial charge in [-0.3, -0.25) is 0 Å². The summed E-state index contributed by atoms with van der Waals surface area (Å²) in [6.45, 7) is 0.160. The van der Waals surface area contributed by atoms with Crippen molar-refractivity contribution in [3.63, 3.8) is 0 Å². The summed E-state index contributed by atoms with van der Waals surface area (Å²) in [5.74, 6) is -1.54. The molecule has 3 rings (SSSR count). The number of alkyl halides is 3. The highest BCUT2D eigenvalue weighted by Crippen LogP contribution is 2.43. The molecule has 2 aromatic rings. The number of nitrogens with one attached hydrogen (secondary N) is 1. The number of carboxylic acids is 1. The first-order valence-electron chi connectivity index (χ1n) is 8.74. The maximum atomic E-state index is 13.7. The molecular formula is C21H17ClF3NO3. The molecule has 152 valence electrons. The molecule has 2 aromatic carbocycles. The Morgan fingerprint density at radius 1 is 1.21 bits per heavy atom. The molecule has 29 heavy (non-hydrogen) atoms. The van der Waals surface area contributed by atoms with Crippen LogP contribution >= 0.6 is 11.6 Å². The molecule has 0 atom stereocenters. The smallest absolute Gasteiger partial charge is 0.420 e. The van der Waals surface area contributed by atoms with Gasteiger partial charge in [0.2, 0.25) is 0 Å². The number of hydrogen-bond donors (Lipinski definition) is 2. The van der Waals surface area contributed by atoms with E-state index in [0.29, 0.717) is 29.7 Å². The highest BCUT2D eigenvalue weighted by molar-refractivity contribution is 6.30. The average molecular weight is 424 g/mol. The first kappa shape index (κ1) is 20.8. The number of halogens is 4. The zero-order valence-electron chi connectivity index (χ0n) is 15.1. The van der Waals surface area contributed by atoms with E-state index in [9.17, 15) is 23.1 Å². The van der Waals surface area contributed by atoms with E-state index in [1.165, 1.54) is 0 Å². The molecule has 0 heterocycles. The zero-order chi connectivity index (χ0) is 21.0. The van der Waals surface area contributed by atoms with Gasteiger partial charge in [0, 0.05) is 18.0 Å². The van der Waals surface area contributed by atoms with Gasteiger partial charge in [0.15, 0.2) is 5.75 Å². The van der Waals surface area contributed by atoms with Crippen LogP contribution in [0.5, 0.6) is 5.75 Å². The molecule has 0 amide bonds. The van der Waals surface area contributed by atoms with Crippen LogP contribution in [0.4, 0.5) is 18.9 Å². The van der Waals surface area contributed by atoms with E-state index in [4.69, 9.17) is 16.3 Å². The maximum Gasteiger partial charge on any atom is 0.420 e. The topological polar surface area (TPSA) is 58.6 Å². The van der Waals surface area contributed by atoms with Crippen molar-refractivity contribution in [3.05, 3.63) is 82.1 Å². The van der Waals surface area contributed by atoms with Gasteiger partial charge in [-0.1, -0.05) is 35.9 Å². The minimum atomic E-state index is -4.79. The Morgan fingerprint density at radius 3 is 2.52 bits per heavy atom. The van der Waals surface area contributed by atoms with Crippen LogP contribution < -0.4 is 10.1 Å². The zero-order valence-corrected chi connectivity index (χ0v) is 15.8. The number of ether oxygens (including phenoxy) is 1. The first-order chi connectivity index (χ1) is 13.7. The third-order valence-corrected chi connectivity index (χ3v) is 4.50. The van der Waals surface area contributed by atoms with Crippen LogP contribution in [-0.4, -0.2) is 11.1 Å². The second kappa shape index (κ2) is 8.61. The molecule has 0 saturated carbocycles. The van der Waals surface area contributed by atoms with Crippen LogP contribution in [0.1, 0.15) is 34.3 Å². The van der Waals surface area contributed by atoms with Crippen LogP contribution in [0.15, 0.2) is 60.4 Å². The summed E-state index contributed by atoms with van der Waals surface area (Å²) in [5, 5.41) is 12.7. The molecule has 8 heteroatoms. The third kappa shape index (κ3) is 5.32. The highest BCUT2D eigenvalue weighted by atomic mass is 35.5. The molecule has 1 aliphatic carbocycles. The minimum Gasteiger partial charge on any atom is -0.478 e. The fourth-order valence-electron chi connectivity index (χ4n) is 2.80. The quantitative estimate of drug-likeness (QED) is 0.574. The molecule has 0 aliphatic heterocycles. The fourth-order valence-corrected chi connectivity index (χ4v) is 2.93. The van der Waals surface area contributed by atoms with Gasteiger partial charge in [-0.05, 0) is 42.3 Å². The van der Waals surface area contributed by atoms with Gasteiger partial charge in [0.1, 0.15) is 11.3 Å². The van der Waals surface area contributed by atoms with Crippen molar-refractivity contribution < 1.29 is 27.8 Å². The minimum absolute atomic E-state index is 0.0531. The van der Waals surface area contributed by atoms with E-state index < -0.39 is 29.0 Å². The SMILES string of the molecule is O=C(O)c1cc(NCc2ccc(Cl)cc2)c(OC2=CC=CCC2)c(C(F)(F)F)c1. The van der Waals surface area contributed by atoms with Gasteiger partial charge >= 0.3 is 12.1 Å². The molecule has 0 saturated heterocycles. The summed E-state index contributed by atoms with van der Waals surface area (Å²) in [5.41, 5.74) is -0.927. The molecule has 0 radical (unpaired) electrons. The van der Waals surface area contributed by atoms with Gasteiger partial charge in [-0.25, -0.2) is 4.79 Å². The molecule has 0 bridgehead atoms. The summed E-state index contributed by atoms with van der Waals surface area (Å²) < 4.78 is 46.7. The highest BCUT2D eigenvalue weighted by Gasteiger charge is 2.37. The Hall–Kier alpha value is -2.93. The third-order valence-electron chi connectivity index (χ3n) is 4.25. The summed E-state index contributed by atoms with van der Waals surface area (Å²) in [6, 6.07) is 8.48. The van der Waals surface area contributed by atoms with Gasteiger partial charge < -0.3 is 15.2 Å². The predicted octanol–water partition coefficient (Wildman–Crippen LogP) is 6.28. The Morgan fingerprint density at radius 2 is 1.93 bits per heavy atom. The van der Waals surface area contributed by atoms with Crippen molar-refractivity contribution in [3.8, 4) is 5.75 Å². The van der Waals surface area contributed by atoms with E-state index >= 15 is 0 Å². The predicted molar refractivity (Wildman–Crippen MR) is 104 cm³/mol. The standard InChI is InChI=1S/C21H17ClF3NO3/c22-15-8-6-13(7-9-15)12-26-18-11-14(20(27)28)10-17(21(23,24)25)19(18)29-16-4-2-1-3-5-16/h1-2,4,6-11,26H,3,5,12H2,(H,27,28). The summed E-state index contributed by atoms with van der Waals surface area (Å²) in [7, 11) is 0.